The Morgan fingerprint density at radius 3 is 2.51 bits per heavy atom. The van der Waals surface area contributed by atoms with Crippen LogP contribution >= 0.6 is 11.6 Å². The number of benzene rings is 3. The summed E-state index contributed by atoms with van der Waals surface area (Å²) >= 11 is 6.65. The van der Waals surface area contributed by atoms with Crippen LogP contribution in [0.3, 0.4) is 0 Å². The van der Waals surface area contributed by atoms with Gasteiger partial charge in [0.1, 0.15) is 17.8 Å². The number of anilines is 1. The fourth-order valence-corrected chi connectivity index (χ4v) is 8.15. The van der Waals surface area contributed by atoms with Gasteiger partial charge in [0, 0.05) is 29.2 Å². The molecule has 236 valence electrons. The molecule has 1 unspecified atom stereocenters. The number of ether oxygens (including phenoxy) is 2. The van der Waals surface area contributed by atoms with Crippen molar-refractivity contribution < 1.29 is 27.1 Å². The van der Waals surface area contributed by atoms with Crippen molar-refractivity contribution in [3.8, 4) is 11.5 Å². The van der Waals surface area contributed by atoms with Crippen LogP contribution in [-0.2, 0) is 26.9 Å². The minimum atomic E-state index is -4.40. The molecule has 1 fully saturated rings. The van der Waals surface area contributed by atoms with Crippen LogP contribution in [0.2, 0.25) is 5.02 Å². The zero-order chi connectivity index (χ0) is 31.9. The summed E-state index contributed by atoms with van der Waals surface area (Å²) in [5.74, 6) is 0.723. The van der Waals surface area contributed by atoms with Crippen LogP contribution in [0, 0.1) is 0 Å². The number of amides is 1. The van der Waals surface area contributed by atoms with Gasteiger partial charge < -0.3 is 18.8 Å². The molecule has 2 aliphatic rings. The van der Waals surface area contributed by atoms with Crippen LogP contribution < -0.4 is 13.8 Å². The molecule has 12 heteroatoms. The van der Waals surface area contributed by atoms with Gasteiger partial charge in [-0.25, -0.2) is 17.7 Å². The van der Waals surface area contributed by atoms with Gasteiger partial charge >= 0.3 is 0 Å². The molecule has 1 aromatic heterocycles. The standard InChI is InChI=1S/C33H35ClN4O6S/c1-5-36(2)21-22-8-15-30(43-4)27(19-22)33(37-17-6-7-29(37)31-35-16-18-44-31)26-20-23(34)9-14-28(26)38(32(33)39)45(40,41)25-12-10-24(42-3)11-13-25/h8-16,18-20,29H,5-7,17,21H2,1-4H3/t29-,33?/m0/s1. The molecule has 0 aliphatic carbocycles. The third-order valence-electron chi connectivity index (χ3n) is 8.72. The topological polar surface area (TPSA) is 105 Å². The molecule has 2 atom stereocenters. The number of halogens is 1. The van der Waals surface area contributed by atoms with Crippen LogP contribution in [0.1, 0.15) is 48.4 Å². The molecule has 4 aromatic rings. The molecule has 45 heavy (non-hydrogen) atoms. The van der Waals surface area contributed by atoms with Gasteiger partial charge in [0.15, 0.2) is 5.54 Å². The highest BCUT2D eigenvalue weighted by Gasteiger charge is 2.62. The minimum Gasteiger partial charge on any atom is -0.497 e. The highest BCUT2D eigenvalue weighted by molar-refractivity contribution is 7.93. The van der Waals surface area contributed by atoms with Gasteiger partial charge in [-0.1, -0.05) is 24.6 Å². The maximum absolute atomic E-state index is 15.4. The molecule has 0 saturated carbocycles. The summed E-state index contributed by atoms with van der Waals surface area (Å²) in [5, 5.41) is 0.363. The maximum atomic E-state index is 15.4. The van der Waals surface area contributed by atoms with Crippen molar-refractivity contribution in [1.29, 1.82) is 0 Å². The van der Waals surface area contributed by atoms with Gasteiger partial charge in [-0.05, 0) is 86.6 Å². The predicted octanol–water partition coefficient (Wildman–Crippen LogP) is 5.61. The first kappa shape index (κ1) is 31.1. The molecule has 2 aliphatic heterocycles. The molecule has 3 heterocycles. The van der Waals surface area contributed by atoms with Crippen LogP contribution in [0.25, 0.3) is 0 Å². The Labute approximate surface area is 268 Å². The lowest BCUT2D eigenvalue weighted by Crippen LogP contribution is -2.54. The number of hydrogen-bond acceptors (Lipinski definition) is 9. The second-order valence-corrected chi connectivity index (χ2v) is 13.4. The first-order valence-electron chi connectivity index (χ1n) is 14.7. The zero-order valence-electron chi connectivity index (χ0n) is 25.6. The lowest BCUT2D eigenvalue weighted by Gasteiger charge is -2.41. The van der Waals surface area contributed by atoms with Gasteiger partial charge in [0.2, 0.25) is 5.89 Å². The highest BCUT2D eigenvalue weighted by Crippen LogP contribution is 2.56. The summed E-state index contributed by atoms with van der Waals surface area (Å²) in [6.07, 6.45) is 4.45. The average Bonchev–Trinajstić information content (AvgIpc) is 3.80. The predicted molar refractivity (Wildman–Crippen MR) is 170 cm³/mol. The Bertz CT molecular complexity index is 1820. The maximum Gasteiger partial charge on any atom is 0.271 e. The zero-order valence-corrected chi connectivity index (χ0v) is 27.1. The fraction of sp³-hybridized carbons (Fsp3) is 0.333. The largest absolute Gasteiger partial charge is 0.497 e. The van der Waals surface area contributed by atoms with Gasteiger partial charge in [0.25, 0.3) is 15.9 Å². The normalized spacial score (nSPS) is 20.2. The van der Waals surface area contributed by atoms with Crippen molar-refractivity contribution in [3.05, 3.63) is 101 Å². The summed E-state index contributed by atoms with van der Waals surface area (Å²) < 4.78 is 46.9. The molecular weight excluding hydrogens is 616 g/mol. The summed E-state index contributed by atoms with van der Waals surface area (Å²) in [6, 6.07) is 16.2. The van der Waals surface area contributed by atoms with Crippen molar-refractivity contribution in [1.82, 2.24) is 14.8 Å². The van der Waals surface area contributed by atoms with E-state index < -0.39 is 27.5 Å². The number of rotatable bonds is 10. The first-order valence-corrected chi connectivity index (χ1v) is 16.5. The van der Waals surface area contributed by atoms with E-state index in [1.165, 1.54) is 25.5 Å². The van der Waals surface area contributed by atoms with E-state index in [1.807, 2.05) is 30.1 Å². The van der Waals surface area contributed by atoms with Crippen molar-refractivity contribution in [2.24, 2.45) is 0 Å². The Morgan fingerprint density at radius 1 is 1.07 bits per heavy atom. The number of hydrogen-bond donors (Lipinski definition) is 0. The summed E-state index contributed by atoms with van der Waals surface area (Å²) in [6.45, 7) is 3.95. The van der Waals surface area contributed by atoms with Crippen molar-refractivity contribution in [3.63, 3.8) is 0 Å². The van der Waals surface area contributed by atoms with E-state index in [0.717, 1.165) is 22.8 Å². The lowest BCUT2D eigenvalue weighted by molar-refractivity contribution is -0.127. The number of methoxy groups -OCH3 is 2. The van der Waals surface area contributed by atoms with E-state index in [0.29, 0.717) is 53.0 Å². The number of oxazole rings is 1. The second kappa shape index (κ2) is 12.1. The van der Waals surface area contributed by atoms with Crippen LogP contribution in [0.5, 0.6) is 11.5 Å². The summed E-state index contributed by atoms with van der Waals surface area (Å²) in [5.41, 5.74) is 0.466. The van der Waals surface area contributed by atoms with E-state index in [4.69, 9.17) is 25.5 Å². The number of fused-ring (bicyclic) bond motifs is 1. The van der Waals surface area contributed by atoms with Gasteiger partial charge in [-0.3, -0.25) is 9.69 Å². The molecule has 1 saturated heterocycles. The smallest absolute Gasteiger partial charge is 0.271 e. The Hall–Kier alpha value is -3.90. The number of nitrogens with zero attached hydrogens (tertiary/aromatic N) is 4. The van der Waals surface area contributed by atoms with Gasteiger partial charge in [-0.2, -0.15) is 0 Å². The number of carbonyl (C=O) groups excluding carboxylic acids is 1. The fourth-order valence-electron chi connectivity index (χ4n) is 6.51. The van der Waals surface area contributed by atoms with E-state index in [-0.39, 0.29) is 10.6 Å². The first-order chi connectivity index (χ1) is 21.7. The Morgan fingerprint density at radius 2 is 1.84 bits per heavy atom. The van der Waals surface area contributed by atoms with Crippen LogP contribution in [0.15, 0.2) is 82.4 Å². The van der Waals surface area contributed by atoms with E-state index >= 15 is 4.79 Å². The summed E-state index contributed by atoms with van der Waals surface area (Å²) in [7, 11) is 0.658. The molecule has 3 aromatic carbocycles. The quantitative estimate of drug-likeness (QED) is 0.216. The molecule has 10 nitrogen and oxygen atoms in total. The number of carbonyl (C=O) groups is 1. The number of sulfonamides is 1. The third kappa shape index (κ3) is 5.07. The molecule has 0 bridgehead atoms. The molecular formula is C33H35ClN4O6S. The summed E-state index contributed by atoms with van der Waals surface area (Å²) in [4.78, 5) is 24.0. The molecule has 1 amide bonds. The van der Waals surface area contributed by atoms with E-state index in [2.05, 4.69) is 16.8 Å². The Balaban J connectivity index is 1.66. The molecule has 0 N–H and O–H groups in total. The SMILES string of the molecule is CCN(C)Cc1ccc(OC)c(C2(N3CCC[C@H]3c3ncco3)C(=O)N(S(=O)(=O)c3ccc(OC)cc3)c3ccc(Cl)cc32)c1. The van der Waals surface area contributed by atoms with E-state index in [1.54, 1.807) is 43.6 Å². The van der Waals surface area contributed by atoms with Crippen molar-refractivity contribution >= 4 is 33.2 Å². The average molecular weight is 651 g/mol. The highest BCUT2D eigenvalue weighted by atomic mass is 35.5. The molecule has 0 spiro atoms. The van der Waals surface area contributed by atoms with Crippen LogP contribution in [-0.4, -0.2) is 63.5 Å². The minimum absolute atomic E-state index is 0.0516. The molecule has 6 rings (SSSR count). The van der Waals surface area contributed by atoms with Crippen molar-refractivity contribution in [2.45, 2.75) is 42.8 Å². The van der Waals surface area contributed by atoms with Gasteiger partial charge in [0.05, 0.1) is 37.0 Å². The van der Waals surface area contributed by atoms with E-state index in [9.17, 15) is 8.42 Å². The number of aromatic nitrogens is 1. The number of likely N-dealkylation sites (tertiary alicyclic amines) is 1. The Kier molecular flexibility index (Phi) is 8.38. The van der Waals surface area contributed by atoms with Gasteiger partial charge in [-0.15, -0.1) is 0 Å². The monoisotopic (exact) mass is 650 g/mol. The lowest BCUT2D eigenvalue weighted by atomic mass is 9.80. The van der Waals surface area contributed by atoms with Crippen LogP contribution in [0.4, 0.5) is 5.69 Å². The van der Waals surface area contributed by atoms with Crippen molar-refractivity contribution in [2.75, 3.05) is 38.7 Å². The molecule has 0 radical (unpaired) electrons. The second-order valence-electron chi connectivity index (χ2n) is 11.2. The third-order valence-corrected chi connectivity index (χ3v) is 10.7.